The molecule has 0 saturated carbocycles. The fourth-order valence-corrected chi connectivity index (χ4v) is 2.10. The van der Waals surface area contributed by atoms with Gasteiger partial charge in [-0.25, -0.2) is 0 Å². The van der Waals surface area contributed by atoms with Crippen LogP contribution in [0, 0.1) is 5.92 Å². The van der Waals surface area contributed by atoms with Gasteiger partial charge in [0.2, 0.25) is 0 Å². The van der Waals surface area contributed by atoms with Gasteiger partial charge in [0.25, 0.3) is 5.60 Å². The van der Waals surface area contributed by atoms with Crippen LogP contribution in [-0.2, 0) is 0 Å². The Balaban J connectivity index is 5.46. The lowest BCUT2D eigenvalue weighted by Crippen LogP contribution is -2.61. The highest BCUT2D eigenvalue weighted by molar-refractivity contribution is 5.57. The number of halogens is 6. The Morgan fingerprint density at radius 1 is 1.05 bits per heavy atom. The second kappa shape index (κ2) is 8.03. The number of unbranched alkanes of at least 4 members (excludes halogenated alkanes) is 2. The number of nitrogens with zero attached hydrogens (tertiary/aromatic N) is 2. The first-order valence-electron chi connectivity index (χ1n) is 6.93. The third kappa shape index (κ3) is 5.33. The summed E-state index contributed by atoms with van der Waals surface area (Å²) in [5, 5.41) is 14.4. The van der Waals surface area contributed by atoms with Crippen molar-refractivity contribution in [3.05, 3.63) is 0 Å². The van der Waals surface area contributed by atoms with E-state index < -0.39 is 30.3 Å². The molecule has 0 radical (unpaired) electrons. The summed E-state index contributed by atoms with van der Waals surface area (Å²) in [7, 11) is 2.98. The molecule has 132 valence electrons. The van der Waals surface area contributed by atoms with Crippen LogP contribution in [0.5, 0.6) is 0 Å². The number of aliphatic hydroxyl groups is 1. The molecule has 0 heterocycles. The van der Waals surface area contributed by atoms with Crippen molar-refractivity contribution in [2.24, 2.45) is 11.0 Å². The summed E-state index contributed by atoms with van der Waals surface area (Å²) in [6.45, 7) is 1.78. The predicted octanol–water partition coefficient (Wildman–Crippen LogP) is 3.98. The van der Waals surface area contributed by atoms with Crippen LogP contribution in [-0.4, -0.2) is 48.4 Å². The van der Waals surface area contributed by atoms with Crippen LogP contribution >= 0.6 is 0 Å². The van der Waals surface area contributed by atoms with Crippen LogP contribution in [0.2, 0.25) is 0 Å². The van der Waals surface area contributed by atoms with Gasteiger partial charge in [-0.1, -0.05) is 26.2 Å². The molecular formula is C13H22F6N2O. The van der Waals surface area contributed by atoms with E-state index in [0.29, 0.717) is 12.8 Å². The summed E-state index contributed by atoms with van der Waals surface area (Å²) < 4.78 is 77.5. The molecule has 0 saturated heterocycles. The van der Waals surface area contributed by atoms with Gasteiger partial charge >= 0.3 is 12.4 Å². The van der Waals surface area contributed by atoms with Gasteiger partial charge in [-0.05, 0) is 12.8 Å². The van der Waals surface area contributed by atoms with Crippen molar-refractivity contribution < 1.29 is 31.4 Å². The molecule has 22 heavy (non-hydrogen) atoms. The Morgan fingerprint density at radius 2 is 1.55 bits per heavy atom. The van der Waals surface area contributed by atoms with E-state index in [1.807, 2.05) is 0 Å². The first-order chi connectivity index (χ1) is 9.88. The largest absolute Gasteiger partial charge is 0.426 e. The summed E-state index contributed by atoms with van der Waals surface area (Å²) in [5.74, 6) is -2.03. The highest BCUT2D eigenvalue weighted by atomic mass is 19.4. The maximum atomic E-state index is 12.9. The van der Waals surface area contributed by atoms with E-state index in [1.165, 1.54) is 19.1 Å². The Bertz CT molecular complexity index is 337. The van der Waals surface area contributed by atoms with Crippen LogP contribution in [0.1, 0.15) is 39.0 Å². The smallest absolute Gasteiger partial charge is 0.373 e. The fourth-order valence-electron chi connectivity index (χ4n) is 2.10. The lowest BCUT2D eigenvalue weighted by atomic mass is 9.80. The van der Waals surface area contributed by atoms with Crippen molar-refractivity contribution in [3.8, 4) is 0 Å². The zero-order valence-corrected chi connectivity index (χ0v) is 12.8. The highest BCUT2D eigenvalue weighted by Crippen LogP contribution is 2.49. The van der Waals surface area contributed by atoms with E-state index in [4.69, 9.17) is 0 Å². The lowest BCUT2D eigenvalue weighted by Gasteiger charge is -2.38. The molecule has 0 amide bonds. The molecule has 1 atom stereocenters. The summed E-state index contributed by atoms with van der Waals surface area (Å²) in [6.07, 6.45) is -10.3. The van der Waals surface area contributed by atoms with Gasteiger partial charge in [0, 0.05) is 26.2 Å². The van der Waals surface area contributed by atoms with Gasteiger partial charge in [-0.3, -0.25) is 0 Å². The number of rotatable bonds is 8. The molecule has 0 aliphatic heterocycles. The maximum Gasteiger partial charge on any atom is 0.426 e. The first kappa shape index (κ1) is 21.0. The van der Waals surface area contributed by atoms with E-state index >= 15 is 0 Å². The number of hydrogen-bond acceptors (Lipinski definition) is 3. The van der Waals surface area contributed by atoms with E-state index in [2.05, 4.69) is 5.10 Å². The molecule has 3 nitrogen and oxygen atoms in total. The normalized spacial score (nSPS) is 15.4. The van der Waals surface area contributed by atoms with Crippen LogP contribution in [0.3, 0.4) is 0 Å². The van der Waals surface area contributed by atoms with Gasteiger partial charge in [0.05, 0.1) is 0 Å². The molecule has 0 aromatic carbocycles. The van der Waals surface area contributed by atoms with Gasteiger partial charge in [0.15, 0.2) is 0 Å². The van der Waals surface area contributed by atoms with Crippen LogP contribution in [0.25, 0.3) is 0 Å². The van der Waals surface area contributed by atoms with E-state index in [-0.39, 0.29) is 12.8 Å². The minimum atomic E-state index is -5.80. The zero-order valence-electron chi connectivity index (χ0n) is 12.8. The second-order valence-corrected chi connectivity index (χ2v) is 5.34. The molecule has 1 N–H and O–H groups in total. The van der Waals surface area contributed by atoms with Crippen LogP contribution in [0.4, 0.5) is 26.3 Å². The number of hydrazone groups is 1. The molecular weight excluding hydrogens is 314 g/mol. The molecule has 0 spiro atoms. The van der Waals surface area contributed by atoms with Gasteiger partial charge < -0.3 is 10.1 Å². The minimum absolute atomic E-state index is 0.172. The molecule has 0 unspecified atom stereocenters. The van der Waals surface area contributed by atoms with Crippen molar-refractivity contribution in [1.82, 2.24) is 5.01 Å². The topological polar surface area (TPSA) is 35.8 Å². The fraction of sp³-hybridized carbons (Fsp3) is 0.923. The molecule has 0 fully saturated rings. The summed E-state index contributed by atoms with van der Waals surface area (Å²) in [6, 6.07) is 0. The van der Waals surface area contributed by atoms with E-state index in [1.54, 1.807) is 6.92 Å². The highest BCUT2D eigenvalue weighted by Gasteiger charge is 2.73. The zero-order chi connectivity index (χ0) is 17.6. The molecule has 0 bridgehead atoms. The second-order valence-electron chi connectivity index (χ2n) is 5.34. The lowest BCUT2D eigenvalue weighted by molar-refractivity contribution is -0.384. The van der Waals surface area contributed by atoms with Gasteiger partial charge in [-0.15, -0.1) is 0 Å². The first-order valence-corrected chi connectivity index (χ1v) is 6.93. The number of hydrogen-bond donors (Lipinski definition) is 1. The van der Waals surface area contributed by atoms with Crippen molar-refractivity contribution >= 4 is 6.21 Å². The molecule has 0 aliphatic rings. The minimum Gasteiger partial charge on any atom is -0.373 e. The Labute approximate surface area is 126 Å². The molecule has 0 aliphatic carbocycles. The van der Waals surface area contributed by atoms with Crippen molar-refractivity contribution in [2.45, 2.75) is 57.0 Å². The summed E-state index contributed by atoms with van der Waals surface area (Å²) in [4.78, 5) is 0. The number of alkyl halides is 6. The molecule has 0 aromatic heterocycles. The monoisotopic (exact) mass is 336 g/mol. The standard InChI is InChI=1S/C13H22F6N2O/c1-4-5-6-7-10(8-9-20-21(2)3)11(22,12(14,15)16)13(17,18)19/h9-10,22H,4-8H2,1-3H3/b20-9+/t10-/m1/s1. The maximum absolute atomic E-state index is 12.9. The van der Waals surface area contributed by atoms with E-state index in [0.717, 1.165) is 6.21 Å². The Kier molecular flexibility index (Phi) is 7.67. The molecule has 0 aromatic rings. The Morgan fingerprint density at radius 3 is 1.91 bits per heavy atom. The molecule has 0 rings (SSSR count). The van der Waals surface area contributed by atoms with Gasteiger partial charge in [-0.2, -0.15) is 31.4 Å². The van der Waals surface area contributed by atoms with Crippen LogP contribution in [0.15, 0.2) is 5.10 Å². The molecule has 9 heteroatoms. The quantitative estimate of drug-likeness (QED) is 0.315. The third-order valence-corrected chi connectivity index (χ3v) is 3.31. The Hall–Kier alpha value is -0.990. The SMILES string of the molecule is CCCCC[C@H](C/C=N/N(C)C)C(O)(C(F)(F)F)C(F)(F)F. The third-order valence-electron chi connectivity index (χ3n) is 3.31. The average Bonchev–Trinajstić information content (AvgIpc) is 2.33. The van der Waals surface area contributed by atoms with Crippen molar-refractivity contribution in [2.75, 3.05) is 14.1 Å². The summed E-state index contributed by atoms with van der Waals surface area (Å²) >= 11 is 0. The van der Waals surface area contributed by atoms with Gasteiger partial charge in [0.1, 0.15) is 0 Å². The van der Waals surface area contributed by atoms with Crippen molar-refractivity contribution in [1.29, 1.82) is 0 Å². The van der Waals surface area contributed by atoms with Crippen LogP contribution < -0.4 is 0 Å². The predicted molar refractivity (Wildman–Crippen MR) is 71.5 cm³/mol. The van der Waals surface area contributed by atoms with E-state index in [9.17, 15) is 31.4 Å². The van der Waals surface area contributed by atoms with Crippen molar-refractivity contribution in [3.63, 3.8) is 0 Å². The average molecular weight is 336 g/mol. The summed E-state index contributed by atoms with van der Waals surface area (Å²) in [5.41, 5.74) is -4.73.